The van der Waals surface area contributed by atoms with Crippen molar-refractivity contribution in [2.45, 2.75) is 37.3 Å². The molecule has 0 radical (unpaired) electrons. The van der Waals surface area contributed by atoms with Crippen LogP contribution in [0, 0.1) is 11.3 Å². The Morgan fingerprint density at radius 3 is 2.25 bits per heavy atom. The third-order valence-corrected chi connectivity index (χ3v) is 3.65. The Kier molecular flexibility index (Phi) is 3.95. The van der Waals surface area contributed by atoms with E-state index in [2.05, 4.69) is 30.0 Å². The molecular weight excluding hydrogens is 200 g/mol. The van der Waals surface area contributed by atoms with Crippen LogP contribution in [0.5, 0.6) is 0 Å². The van der Waals surface area contributed by atoms with Crippen molar-refractivity contribution >= 4 is 0 Å². The zero-order chi connectivity index (χ0) is 12.4. The number of hydrogen-bond donors (Lipinski definition) is 1. The van der Waals surface area contributed by atoms with Crippen LogP contribution in [-0.4, -0.2) is 55.1 Å². The normalized spacial score (nSPS) is 22.6. The first-order valence-electron chi connectivity index (χ1n) is 5.87. The summed E-state index contributed by atoms with van der Waals surface area (Å²) < 4.78 is 0. The second kappa shape index (κ2) is 4.70. The van der Waals surface area contributed by atoms with E-state index in [1.807, 2.05) is 7.05 Å². The zero-order valence-corrected chi connectivity index (χ0v) is 11.0. The molecular formula is C12H24N4. The molecule has 1 fully saturated rings. The summed E-state index contributed by atoms with van der Waals surface area (Å²) in [6, 6.07) is 2.15. The summed E-state index contributed by atoms with van der Waals surface area (Å²) in [5, 5.41) is 8.91. The second-order valence-corrected chi connectivity index (χ2v) is 5.67. The number of nitrogens with zero attached hydrogens (tertiary/aromatic N) is 3. The lowest BCUT2D eigenvalue weighted by atomic mass is 9.75. The molecule has 0 heterocycles. The number of likely N-dealkylation sites (N-methyl/N-ethyl adjacent to an activating group) is 2. The van der Waals surface area contributed by atoms with E-state index >= 15 is 0 Å². The van der Waals surface area contributed by atoms with E-state index in [0.717, 1.165) is 6.54 Å². The van der Waals surface area contributed by atoms with Gasteiger partial charge in [-0.25, -0.2) is 0 Å². The Balaban J connectivity index is 2.51. The Morgan fingerprint density at radius 1 is 1.38 bits per heavy atom. The van der Waals surface area contributed by atoms with Crippen LogP contribution in [0.2, 0.25) is 0 Å². The van der Waals surface area contributed by atoms with Crippen molar-refractivity contribution in [2.75, 3.05) is 34.2 Å². The Bertz CT molecular complexity index is 273. The molecule has 1 aliphatic rings. The molecule has 0 aromatic heterocycles. The third-order valence-electron chi connectivity index (χ3n) is 3.65. The molecule has 1 aliphatic carbocycles. The van der Waals surface area contributed by atoms with Gasteiger partial charge in [-0.1, -0.05) is 0 Å². The fourth-order valence-electron chi connectivity index (χ4n) is 2.49. The molecule has 0 aliphatic heterocycles. The fourth-order valence-corrected chi connectivity index (χ4v) is 2.49. The van der Waals surface area contributed by atoms with Crippen LogP contribution in [-0.2, 0) is 0 Å². The Hall–Kier alpha value is -0.630. The van der Waals surface area contributed by atoms with Crippen LogP contribution < -0.4 is 5.73 Å². The fraction of sp³-hybridized carbons (Fsp3) is 0.917. The maximum atomic E-state index is 8.91. The highest BCUT2D eigenvalue weighted by molar-refractivity contribution is 5.04. The van der Waals surface area contributed by atoms with E-state index < -0.39 is 5.54 Å². The van der Waals surface area contributed by atoms with Crippen molar-refractivity contribution < 1.29 is 0 Å². The molecule has 1 saturated carbocycles. The molecule has 0 amide bonds. The topological polar surface area (TPSA) is 56.3 Å². The smallest absolute Gasteiger partial charge is 0.114 e. The average Bonchev–Trinajstić information content (AvgIpc) is 2.10. The third kappa shape index (κ3) is 2.94. The maximum Gasteiger partial charge on any atom is 0.114 e. The second-order valence-electron chi connectivity index (χ2n) is 5.67. The molecule has 16 heavy (non-hydrogen) atoms. The Morgan fingerprint density at radius 2 is 1.94 bits per heavy atom. The van der Waals surface area contributed by atoms with Gasteiger partial charge in [-0.15, -0.1) is 0 Å². The lowest BCUT2D eigenvalue weighted by Crippen LogP contribution is -2.58. The summed E-state index contributed by atoms with van der Waals surface area (Å²) in [6.07, 6.45) is 3.81. The molecule has 0 saturated heterocycles. The number of nitriles is 1. The highest BCUT2D eigenvalue weighted by atomic mass is 15.2. The van der Waals surface area contributed by atoms with Crippen molar-refractivity contribution in [3.8, 4) is 6.07 Å². The van der Waals surface area contributed by atoms with Crippen LogP contribution in [0.4, 0.5) is 0 Å². The molecule has 1 atom stereocenters. The SMILES string of the molecule is CN(CC(C)(N)C#N)CC1(N(C)C)CCC1. The van der Waals surface area contributed by atoms with Gasteiger partial charge in [0.15, 0.2) is 0 Å². The van der Waals surface area contributed by atoms with Crippen molar-refractivity contribution in [3.63, 3.8) is 0 Å². The molecule has 4 heteroatoms. The van der Waals surface area contributed by atoms with E-state index in [1.54, 1.807) is 6.92 Å². The summed E-state index contributed by atoms with van der Waals surface area (Å²) >= 11 is 0. The summed E-state index contributed by atoms with van der Waals surface area (Å²) in [7, 11) is 6.32. The van der Waals surface area contributed by atoms with E-state index in [4.69, 9.17) is 11.0 Å². The summed E-state index contributed by atoms with van der Waals surface area (Å²) in [5.74, 6) is 0. The van der Waals surface area contributed by atoms with E-state index in [0.29, 0.717) is 12.1 Å². The molecule has 1 unspecified atom stereocenters. The summed E-state index contributed by atoms with van der Waals surface area (Å²) in [5.41, 5.74) is 5.42. The first kappa shape index (κ1) is 13.4. The molecule has 92 valence electrons. The van der Waals surface area contributed by atoms with Gasteiger partial charge in [0.25, 0.3) is 0 Å². The van der Waals surface area contributed by atoms with Gasteiger partial charge in [-0.05, 0) is 47.3 Å². The minimum Gasteiger partial charge on any atom is -0.313 e. The molecule has 0 spiro atoms. The maximum absolute atomic E-state index is 8.91. The summed E-state index contributed by atoms with van der Waals surface area (Å²) in [4.78, 5) is 4.50. The molecule has 1 rings (SSSR count). The molecule has 4 nitrogen and oxygen atoms in total. The molecule has 2 N–H and O–H groups in total. The Labute approximate surface area is 99.0 Å². The monoisotopic (exact) mass is 224 g/mol. The highest BCUT2D eigenvalue weighted by Crippen LogP contribution is 2.36. The molecule has 0 aromatic rings. The van der Waals surface area contributed by atoms with Gasteiger partial charge in [0.05, 0.1) is 6.07 Å². The highest BCUT2D eigenvalue weighted by Gasteiger charge is 2.40. The average molecular weight is 224 g/mol. The van der Waals surface area contributed by atoms with Crippen LogP contribution in [0.15, 0.2) is 0 Å². The van der Waals surface area contributed by atoms with Gasteiger partial charge in [-0.2, -0.15) is 5.26 Å². The van der Waals surface area contributed by atoms with Crippen molar-refractivity contribution in [2.24, 2.45) is 5.73 Å². The van der Waals surface area contributed by atoms with Crippen LogP contribution in [0.25, 0.3) is 0 Å². The first-order chi connectivity index (χ1) is 7.31. The van der Waals surface area contributed by atoms with E-state index in [-0.39, 0.29) is 0 Å². The summed E-state index contributed by atoms with van der Waals surface area (Å²) in [6.45, 7) is 3.40. The number of hydrogen-bond acceptors (Lipinski definition) is 4. The van der Waals surface area contributed by atoms with E-state index in [9.17, 15) is 0 Å². The van der Waals surface area contributed by atoms with Crippen LogP contribution >= 0.6 is 0 Å². The molecule has 0 aromatic carbocycles. The van der Waals surface area contributed by atoms with E-state index in [1.165, 1.54) is 19.3 Å². The zero-order valence-electron chi connectivity index (χ0n) is 11.0. The number of rotatable bonds is 5. The van der Waals surface area contributed by atoms with Crippen LogP contribution in [0.3, 0.4) is 0 Å². The predicted octanol–water partition coefficient (Wildman–Crippen LogP) is 0.643. The van der Waals surface area contributed by atoms with Gasteiger partial charge in [0.2, 0.25) is 0 Å². The van der Waals surface area contributed by atoms with Crippen molar-refractivity contribution in [1.29, 1.82) is 5.26 Å². The van der Waals surface area contributed by atoms with Gasteiger partial charge in [-0.3, -0.25) is 0 Å². The molecule has 0 bridgehead atoms. The van der Waals surface area contributed by atoms with Gasteiger partial charge in [0, 0.05) is 18.6 Å². The standard InChI is InChI=1S/C12H24N4/c1-11(14,8-13)9-16(4)10-12(15(2)3)6-5-7-12/h5-7,9-10,14H2,1-4H3. The quantitative estimate of drug-likeness (QED) is 0.745. The predicted molar refractivity (Wildman–Crippen MR) is 66.0 cm³/mol. The first-order valence-corrected chi connectivity index (χ1v) is 5.87. The van der Waals surface area contributed by atoms with Gasteiger partial charge in [0.1, 0.15) is 5.54 Å². The largest absolute Gasteiger partial charge is 0.313 e. The van der Waals surface area contributed by atoms with Crippen molar-refractivity contribution in [3.05, 3.63) is 0 Å². The van der Waals surface area contributed by atoms with Crippen molar-refractivity contribution in [1.82, 2.24) is 9.80 Å². The minimum absolute atomic E-state index is 0.306. The minimum atomic E-state index is -0.744. The van der Waals surface area contributed by atoms with Gasteiger partial charge >= 0.3 is 0 Å². The lowest BCUT2D eigenvalue weighted by molar-refractivity contribution is 0.0251. The lowest BCUT2D eigenvalue weighted by Gasteiger charge is -2.49. The van der Waals surface area contributed by atoms with Gasteiger partial charge < -0.3 is 15.5 Å². The van der Waals surface area contributed by atoms with Crippen LogP contribution in [0.1, 0.15) is 26.2 Å². The number of nitrogens with two attached hydrogens (primary N) is 1.